The number of carbonyl (C=O) groups is 2. The van der Waals surface area contributed by atoms with Gasteiger partial charge in [0, 0.05) is 5.56 Å². The predicted octanol–water partition coefficient (Wildman–Crippen LogP) is 2.01. The topological polar surface area (TPSA) is 66.4 Å². The van der Waals surface area contributed by atoms with E-state index in [2.05, 4.69) is 5.32 Å². The van der Waals surface area contributed by atoms with E-state index in [4.69, 9.17) is 5.11 Å². The first kappa shape index (κ1) is 13.9. The van der Waals surface area contributed by atoms with Crippen LogP contribution >= 0.6 is 0 Å². The Bertz CT molecular complexity index is 641. The number of aromatic carboxylic acids is 1. The van der Waals surface area contributed by atoms with Crippen molar-refractivity contribution in [3.63, 3.8) is 0 Å². The average molecular weight is 266 g/mol. The largest absolute Gasteiger partial charge is 0.478 e. The Hall–Kier alpha value is -2.56. The molecule has 0 saturated heterocycles. The quantitative estimate of drug-likeness (QED) is 0.832. The molecule has 2 aromatic carbocycles. The van der Waals surface area contributed by atoms with E-state index < -0.39 is 5.97 Å². The number of nitrogens with one attached hydrogen (secondary N) is 1. The fraction of sp³-hybridized carbons (Fsp3) is 0.0667. The molecule has 2 aromatic rings. The second-order valence-electron chi connectivity index (χ2n) is 4.22. The minimum absolute atomic E-state index is 0.0693. The number of carboxylic acid groups (broad SMARTS) is 1. The van der Waals surface area contributed by atoms with Gasteiger partial charge in [-0.15, -0.1) is 0 Å². The molecule has 1 radical (unpaired) electrons. The fourth-order valence-electron chi connectivity index (χ4n) is 1.82. The first-order valence-corrected chi connectivity index (χ1v) is 6.15. The molecule has 0 aliphatic carbocycles. The Morgan fingerprint density at radius 2 is 1.80 bits per heavy atom. The van der Waals surface area contributed by atoms with Gasteiger partial charge in [0.05, 0.1) is 11.3 Å². The standard InChI is InChI=1S/C15H13BNO3/c1-16-11-7-8-12(15(19)20)13(9-11)17-14(18)10-5-3-2-4-6-10/h2-9H,1H3,(H,17,18)(H,19,20). The summed E-state index contributed by atoms with van der Waals surface area (Å²) in [6.07, 6.45) is 0. The summed E-state index contributed by atoms with van der Waals surface area (Å²) in [5, 5.41) is 11.8. The minimum Gasteiger partial charge on any atom is -0.478 e. The highest BCUT2D eigenvalue weighted by Gasteiger charge is 2.13. The van der Waals surface area contributed by atoms with Gasteiger partial charge < -0.3 is 10.4 Å². The van der Waals surface area contributed by atoms with E-state index in [0.29, 0.717) is 11.3 Å². The van der Waals surface area contributed by atoms with Crippen molar-refractivity contribution in [1.29, 1.82) is 0 Å². The van der Waals surface area contributed by atoms with Gasteiger partial charge in [-0.2, -0.15) is 0 Å². The van der Waals surface area contributed by atoms with Gasteiger partial charge in [-0.3, -0.25) is 4.79 Å². The SMILES string of the molecule is C[B]c1ccc(C(=O)O)c(NC(=O)c2ccccc2)c1. The van der Waals surface area contributed by atoms with Gasteiger partial charge in [0.25, 0.3) is 5.91 Å². The van der Waals surface area contributed by atoms with Crippen molar-refractivity contribution in [2.75, 3.05) is 5.32 Å². The molecule has 0 bridgehead atoms. The van der Waals surface area contributed by atoms with E-state index in [-0.39, 0.29) is 11.5 Å². The van der Waals surface area contributed by atoms with Crippen LogP contribution < -0.4 is 10.8 Å². The van der Waals surface area contributed by atoms with Crippen molar-refractivity contribution in [1.82, 2.24) is 0 Å². The Morgan fingerprint density at radius 3 is 2.40 bits per heavy atom. The van der Waals surface area contributed by atoms with Crippen molar-refractivity contribution in [2.45, 2.75) is 6.82 Å². The Labute approximate surface area is 117 Å². The lowest BCUT2D eigenvalue weighted by Gasteiger charge is -2.10. The highest BCUT2D eigenvalue weighted by atomic mass is 16.4. The highest BCUT2D eigenvalue weighted by molar-refractivity contribution is 6.52. The van der Waals surface area contributed by atoms with Gasteiger partial charge in [-0.05, 0) is 24.3 Å². The van der Waals surface area contributed by atoms with Gasteiger partial charge in [0.2, 0.25) is 0 Å². The molecule has 99 valence electrons. The third kappa shape index (κ3) is 3.06. The zero-order valence-electron chi connectivity index (χ0n) is 11.0. The summed E-state index contributed by atoms with van der Waals surface area (Å²) >= 11 is 0. The first-order valence-electron chi connectivity index (χ1n) is 6.15. The third-order valence-corrected chi connectivity index (χ3v) is 2.89. The molecule has 0 unspecified atom stereocenters. The maximum atomic E-state index is 12.1. The molecule has 0 aliphatic rings. The van der Waals surface area contributed by atoms with E-state index in [1.54, 1.807) is 36.4 Å². The third-order valence-electron chi connectivity index (χ3n) is 2.89. The van der Waals surface area contributed by atoms with E-state index in [1.165, 1.54) is 6.07 Å². The molecule has 0 spiro atoms. The molecule has 0 atom stereocenters. The van der Waals surface area contributed by atoms with Crippen LogP contribution in [-0.2, 0) is 0 Å². The summed E-state index contributed by atoms with van der Waals surface area (Å²) in [6, 6.07) is 13.5. The maximum Gasteiger partial charge on any atom is 0.337 e. The first-order chi connectivity index (χ1) is 9.61. The van der Waals surface area contributed by atoms with Crippen LogP contribution in [0.15, 0.2) is 48.5 Å². The van der Waals surface area contributed by atoms with Crippen molar-refractivity contribution in [2.24, 2.45) is 0 Å². The number of benzene rings is 2. The number of hydrogen-bond donors (Lipinski definition) is 2. The normalized spacial score (nSPS) is 9.85. The van der Waals surface area contributed by atoms with Crippen LogP contribution in [0.3, 0.4) is 0 Å². The van der Waals surface area contributed by atoms with Crippen LogP contribution in [-0.4, -0.2) is 24.3 Å². The molecule has 1 amide bonds. The Kier molecular flexibility index (Phi) is 4.20. The molecule has 4 nitrogen and oxygen atoms in total. The van der Waals surface area contributed by atoms with E-state index in [0.717, 1.165) is 5.46 Å². The van der Waals surface area contributed by atoms with Gasteiger partial charge >= 0.3 is 5.97 Å². The number of carbonyl (C=O) groups excluding carboxylic acids is 1. The second kappa shape index (κ2) is 6.06. The van der Waals surface area contributed by atoms with Crippen LogP contribution in [0.4, 0.5) is 5.69 Å². The summed E-state index contributed by atoms with van der Waals surface area (Å²) in [5.41, 5.74) is 1.69. The Balaban J connectivity index is 2.32. The number of carboxylic acids is 1. The van der Waals surface area contributed by atoms with Gasteiger partial charge in [-0.25, -0.2) is 4.79 Å². The molecule has 2 rings (SSSR count). The van der Waals surface area contributed by atoms with Crippen LogP contribution in [0.1, 0.15) is 20.7 Å². The number of amides is 1. The van der Waals surface area contributed by atoms with Crippen molar-refractivity contribution in [3.05, 3.63) is 59.7 Å². The zero-order chi connectivity index (χ0) is 14.5. The minimum atomic E-state index is -1.07. The van der Waals surface area contributed by atoms with Crippen LogP contribution in [0.5, 0.6) is 0 Å². The summed E-state index contributed by atoms with van der Waals surface area (Å²) < 4.78 is 0. The lowest BCUT2D eigenvalue weighted by Crippen LogP contribution is -2.19. The summed E-state index contributed by atoms with van der Waals surface area (Å²) in [7, 11) is 1.84. The molecule has 0 fully saturated rings. The number of anilines is 1. The van der Waals surface area contributed by atoms with Crippen molar-refractivity contribution in [3.8, 4) is 0 Å². The molecule has 0 saturated carbocycles. The molecule has 5 heteroatoms. The highest BCUT2D eigenvalue weighted by Crippen LogP contribution is 2.15. The lowest BCUT2D eigenvalue weighted by atomic mass is 9.73. The molecule has 20 heavy (non-hydrogen) atoms. The molecule has 0 heterocycles. The number of rotatable bonds is 4. The van der Waals surface area contributed by atoms with E-state index >= 15 is 0 Å². The van der Waals surface area contributed by atoms with Crippen LogP contribution in [0.2, 0.25) is 6.82 Å². The Morgan fingerprint density at radius 1 is 1.10 bits per heavy atom. The fourth-order valence-corrected chi connectivity index (χ4v) is 1.82. The summed E-state index contributed by atoms with van der Waals surface area (Å²) in [5.74, 6) is -1.41. The van der Waals surface area contributed by atoms with E-state index in [1.807, 2.05) is 20.2 Å². The lowest BCUT2D eigenvalue weighted by molar-refractivity contribution is 0.0698. The summed E-state index contributed by atoms with van der Waals surface area (Å²) in [4.78, 5) is 23.3. The maximum absolute atomic E-state index is 12.1. The molecular formula is C15H13BNO3. The van der Waals surface area contributed by atoms with Crippen LogP contribution in [0, 0.1) is 0 Å². The van der Waals surface area contributed by atoms with E-state index in [9.17, 15) is 9.59 Å². The van der Waals surface area contributed by atoms with Gasteiger partial charge in [0.1, 0.15) is 7.28 Å². The molecule has 0 aliphatic heterocycles. The van der Waals surface area contributed by atoms with Gasteiger partial charge in [-0.1, -0.05) is 36.6 Å². The zero-order valence-corrected chi connectivity index (χ0v) is 11.0. The molecular weight excluding hydrogens is 253 g/mol. The predicted molar refractivity (Wildman–Crippen MR) is 79.0 cm³/mol. The van der Waals surface area contributed by atoms with Crippen molar-refractivity contribution < 1.29 is 14.7 Å². The molecule has 2 N–H and O–H groups in total. The number of hydrogen-bond acceptors (Lipinski definition) is 2. The smallest absolute Gasteiger partial charge is 0.337 e. The second-order valence-corrected chi connectivity index (χ2v) is 4.22. The van der Waals surface area contributed by atoms with Crippen LogP contribution in [0.25, 0.3) is 0 Å². The monoisotopic (exact) mass is 266 g/mol. The summed E-state index contributed by atoms with van der Waals surface area (Å²) in [6.45, 7) is 1.85. The van der Waals surface area contributed by atoms with Crippen molar-refractivity contribution >= 4 is 30.3 Å². The average Bonchev–Trinajstić information content (AvgIpc) is 2.47. The van der Waals surface area contributed by atoms with Gasteiger partial charge in [0.15, 0.2) is 0 Å². The molecule has 0 aromatic heterocycles.